The van der Waals surface area contributed by atoms with Crippen LogP contribution in [-0.4, -0.2) is 72.0 Å². The monoisotopic (exact) mass is 280 g/mol. The Bertz CT molecular complexity index is 250. The Morgan fingerprint density at radius 1 is 0.789 bits per heavy atom. The number of aliphatic hydroxyl groups is 2. The summed E-state index contributed by atoms with van der Waals surface area (Å²) in [5, 5.41) is 35.3. The van der Waals surface area contributed by atoms with Crippen molar-refractivity contribution >= 4 is 11.9 Å². The zero-order chi connectivity index (χ0) is 14.7. The molecule has 19 heavy (non-hydrogen) atoms. The van der Waals surface area contributed by atoms with Crippen molar-refractivity contribution in [1.82, 2.24) is 0 Å². The van der Waals surface area contributed by atoms with Crippen molar-refractivity contribution in [2.24, 2.45) is 5.41 Å². The van der Waals surface area contributed by atoms with Gasteiger partial charge in [-0.05, 0) is 12.8 Å². The molecule has 0 saturated heterocycles. The Labute approximate surface area is 110 Å². The van der Waals surface area contributed by atoms with Crippen LogP contribution in [0.25, 0.3) is 0 Å². The first-order valence-electron chi connectivity index (χ1n) is 5.85. The number of hydrogen-bond donors (Lipinski definition) is 4. The third-order valence-corrected chi connectivity index (χ3v) is 2.64. The van der Waals surface area contributed by atoms with Crippen LogP contribution in [0.5, 0.6) is 0 Å². The minimum atomic E-state index is -1.98. The summed E-state index contributed by atoms with van der Waals surface area (Å²) in [5.41, 5.74) is -1.98. The zero-order valence-electron chi connectivity index (χ0n) is 10.6. The van der Waals surface area contributed by atoms with Crippen molar-refractivity contribution in [1.29, 1.82) is 0 Å². The van der Waals surface area contributed by atoms with Crippen molar-refractivity contribution in [2.45, 2.75) is 12.8 Å². The van der Waals surface area contributed by atoms with Crippen LogP contribution >= 0.6 is 0 Å². The van der Waals surface area contributed by atoms with E-state index in [-0.39, 0.29) is 52.5 Å². The molecular weight excluding hydrogens is 260 g/mol. The van der Waals surface area contributed by atoms with Gasteiger partial charge in [-0.15, -0.1) is 0 Å². The van der Waals surface area contributed by atoms with Crippen molar-refractivity contribution < 1.29 is 39.5 Å². The highest BCUT2D eigenvalue weighted by Crippen LogP contribution is 2.28. The Kier molecular flexibility index (Phi) is 9.06. The molecule has 0 aliphatic rings. The van der Waals surface area contributed by atoms with Crippen LogP contribution in [-0.2, 0) is 19.1 Å². The van der Waals surface area contributed by atoms with E-state index in [1.54, 1.807) is 0 Å². The number of hydrogen-bond acceptors (Lipinski definition) is 6. The summed E-state index contributed by atoms with van der Waals surface area (Å²) in [7, 11) is 0. The molecule has 0 aromatic rings. The average molecular weight is 280 g/mol. The Hall–Kier alpha value is -1.22. The summed E-state index contributed by atoms with van der Waals surface area (Å²) in [4.78, 5) is 22.4. The molecular formula is C11H20O8. The van der Waals surface area contributed by atoms with E-state index in [9.17, 15) is 9.59 Å². The third kappa shape index (κ3) is 5.97. The first-order valence-corrected chi connectivity index (χ1v) is 5.85. The number of carbonyl (C=O) groups is 2. The van der Waals surface area contributed by atoms with Gasteiger partial charge in [0.25, 0.3) is 0 Å². The van der Waals surface area contributed by atoms with E-state index >= 15 is 0 Å². The molecule has 0 atom stereocenters. The second-order valence-corrected chi connectivity index (χ2v) is 3.86. The Morgan fingerprint density at radius 2 is 1.16 bits per heavy atom. The number of carboxylic acid groups (broad SMARTS) is 2. The molecule has 0 bridgehead atoms. The molecule has 0 aromatic carbocycles. The topological polar surface area (TPSA) is 134 Å². The summed E-state index contributed by atoms with van der Waals surface area (Å²) >= 11 is 0. The molecule has 8 nitrogen and oxygen atoms in total. The van der Waals surface area contributed by atoms with Gasteiger partial charge >= 0.3 is 11.9 Å². The van der Waals surface area contributed by atoms with Crippen molar-refractivity contribution in [3.8, 4) is 0 Å². The quantitative estimate of drug-likeness (QED) is 0.262. The molecule has 8 heteroatoms. The predicted molar refractivity (Wildman–Crippen MR) is 62.7 cm³/mol. The van der Waals surface area contributed by atoms with Crippen molar-refractivity contribution in [3.63, 3.8) is 0 Å². The van der Waals surface area contributed by atoms with E-state index in [1.165, 1.54) is 0 Å². The third-order valence-electron chi connectivity index (χ3n) is 2.64. The Morgan fingerprint density at radius 3 is 1.42 bits per heavy atom. The lowest BCUT2D eigenvalue weighted by atomic mass is 9.81. The standard InChI is InChI=1S/C11H20O8/c12-3-7-18-5-1-11(9(14)15,10(16)17)2-6-19-8-4-13/h12-13H,1-8H2,(H,14,15)(H,16,17). The summed E-state index contributed by atoms with van der Waals surface area (Å²) < 4.78 is 9.82. The van der Waals surface area contributed by atoms with Crippen LogP contribution in [0.15, 0.2) is 0 Å². The maximum absolute atomic E-state index is 11.2. The maximum atomic E-state index is 11.2. The van der Waals surface area contributed by atoms with Gasteiger partial charge < -0.3 is 29.9 Å². The molecule has 0 saturated carbocycles. The summed E-state index contributed by atoms with van der Waals surface area (Å²) in [5.74, 6) is -2.92. The van der Waals surface area contributed by atoms with Gasteiger partial charge in [0.15, 0.2) is 5.41 Å². The molecule has 0 aliphatic carbocycles. The SMILES string of the molecule is O=C(O)C(CCOCCO)(CCOCCO)C(=O)O. The second kappa shape index (κ2) is 9.68. The van der Waals surface area contributed by atoms with E-state index < -0.39 is 17.4 Å². The normalized spacial score (nSPS) is 11.5. The first kappa shape index (κ1) is 17.8. The number of ether oxygens (including phenoxy) is 2. The molecule has 0 amide bonds. The maximum Gasteiger partial charge on any atom is 0.321 e. The van der Waals surface area contributed by atoms with Crippen molar-refractivity contribution in [2.75, 3.05) is 39.6 Å². The first-order chi connectivity index (χ1) is 9.01. The van der Waals surface area contributed by atoms with Crippen LogP contribution in [0.1, 0.15) is 12.8 Å². The molecule has 0 unspecified atom stereocenters. The smallest absolute Gasteiger partial charge is 0.321 e. The highest BCUT2D eigenvalue weighted by Gasteiger charge is 2.45. The van der Waals surface area contributed by atoms with Crippen LogP contribution in [0.2, 0.25) is 0 Å². The average Bonchev–Trinajstić information content (AvgIpc) is 2.36. The van der Waals surface area contributed by atoms with E-state index in [0.717, 1.165) is 0 Å². The van der Waals surface area contributed by atoms with E-state index in [1.807, 2.05) is 0 Å². The zero-order valence-corrected chi connectivity index (χ0v) is 10.6. The lowest BCUT2D eigenvalue weighted by molar-refractivity contribution is -0.168. The molecule has 0 spiro atoms. The van der Waals surface area contributed by atoms with Crippen LogP contribution < -0.4 is 0 Å². The molecule has 112 valence electrons. The fourth-order valence-corrected chi connectivity index (χ4v) is 1.47. The number of rotatable bonds is 12. The van der Waals surface area contributed by atoms with Crippen LogP contribution in [0.4, 0.5) is 0 Å². The second-order valence-electron chi connectivity index (χ2n) is 3.86. The largest absolute Gasteiger partial charge is 0.480 e. The summed E-state index contributed by atoms with van der Waals surface area (Å²) in [6.45, 7) is -0.551. The molecule has 0 rings (SSSR count). The molecule has 0 aliphatic heterocycles. The van der Waals surface area contributed by atoms with Gasteiger partial charge in [-0.2, -0.15) is 0 Å². The van der Waals surface area contributed by atoms with Gasteiger partial charge in [0.05, 0.1) is 26.4 Å². The highest BCUT2D eigenvalue weighted by molar-refractivity contribution is 5.98. The van der Waals surface area contributed by atoms with E-state index in [4.69, 9.17) is 29.9 Å². The fraction of sp³-hybridized carbons (Fsp3) is 0.818. The highest BCUT2D eigenvalue weighted by atomic mass is 16.5. The number of aliphatic hydroxyl groups excluding tert-OH is 2. The fourth-order valence-electron chi connectivity index (χ4n) is 1.47. The molecule has 0 radical (unpaired) electrons. The summed E-state index contributed by atoms with van der Waals surface area (Å²) in [6, 6.07) is 0. The minimum Gasteiger partial charge on any atom is -0.480 e. The van der Waals surface area contributed by atoms with Gasteiger partial charge in [-0.1, -0.05) is 0 Å². The van der Waals surface area contributed by atoms with Crippen LogP contribution in [0.3, 0.4) is 0 Å². The van der Waals surface area contributed by atoms with Gasteiger partial charge in [0, 0.05) is 13.2 Å². The van der Waals surface area contributed by atoms with Gasteiger partial charge in [0.1, 0.15) is 0 Å². The van der Waals surface area contributed by atoms with Gasteiger partial charge in [-0.3, -0.25) is 9.59 Å². The van der Waals surface area contributed by atoms with Gasteiger partial charge in [-0.25, -0.2) is 0 Å². The lowest BCUT2D eigenvalue weighted by Gasteiger charge is -2.24. The molecule has 4 N–H and O–H groups in total. The van der Waals surface area contributed by atoms with Crippen molar-refractivity contribution in [3.05, 3.63) is 0 Å². The molecule has 0 heterocycles. The number of aliphatic carboxylic acids is 2. The molecule has 0 aromatic heterocycles. The van der Waals surface area contributed by atoms with E-state index in [0.29, 0.717) is 0 Å². The van der Waals surface area contributed by atoms with Crippen LogP contribution in [0, 0.1) is 5.41 Å². The Balaban J connectivity index is 4.51. The lowest BCUT2D eigenvalue weighted by Crippen LogP contribution is -2.41. The molecule has 0 fully saturated rings. The minimum absolute atomic E-state index is 0.0241. The summed E-state index contributed by atoms with van der Waals surface area (Å²) in [6.07, 6.45) is -0.444. The predicted octanol–water partition coefficient (Wildman–Crippen LogP) is -1.06. The van der Waals surface area contributed by atoms with Gasteiger partial charge in [0.2, 0.25) is 0 Å². The number of carboxylic acids is 2. The van der Waals surface area contributed by atoms with E-state index in [2.05, 4.69) is 0 Å².